The van der Waals surface area contributed by atoms with Gasteiger partial charge in [0.25, 0.3) is 0 Å². The second kappa shape index (κ2) is 5.75. The molecule has 0 aliphatic heterocycles. The van der Waals surface area contributed by atoms with Crippen LogP contribution < -0.4 is 11.2 Å². The van der Waals surface area contributed by atoms with Gasteiger partial charge in [-0.05, 0) is 12.1 Å². The van der Waals surface area contributed by atoms with Gasteiger partial charge >= 0.3 is 6.18 Å². The van der Waals surface area contributed by atoms with Crippen LogP contribution in [0.1, 0.15) is 5.56 Å². The molecule has 0 unspecified atom stereocenters. The van der Waals surface area contributed by atoms with Gasteiger partial charge in [0.15, 0.2) is 11.7 Å². The predicted octanol–water partition coefficient (Wildman–Crippen LogP) is 2.73. The number of rotatable bonds is 3. The van der Waals surface area contributed by atoms with Crippen LogP contribution in [0.15, 0.2) is 17.2 Å². The third-order valence-electron chi connectivity index (χ3n) is 2.00. The maximum Gasteiger partial charge on any atom is 0.416 e. The Kier molecular flexibility index (Phi) is 4.52. The van der Waals surface area contributed by atoms with Gasteiger partial charge in [-0.3, -0.25) is 10.8 Å². The number of alkyl halides is 3. The molecule has 0 bridgehead atoms. The Morgan fingerprint density at radius 3 is 2.50 bits per heavy atom. The van der Waals surface area contributed by atoms with E-state index in [1.807, 2.05) is 5.43 Å². The molecule has 1 aromatic rings. The molecule has 0 amide bonds. The Bertz CT molecular complexity index is 617. The first-order valence-corrected chi connectivity index (χ1v) is 5.19. The van der Waals surface area contributed by atoms with Gasteiger partial charge in [-0.25, -0.2) is 4.39 Å². The molecular weight excluding hydrogens is 302 g/mol. The van der Waals surface area contributed by atoms with Crippen LogP contribution in [-0.2, 0) is 6.18 Å². The van der Waals surface area contributed by atoms with E-state index in [1.165, 1.54) is 6.07 Å². The summed E-state index contributed by atoms with van der Waals surface area (Å²) >= 11 is 5.34. The maximum absolute atomic E-state index is 13.5. The lowest BCUT2D eigenvalue weighted by molar-refractivity contribution is -0.137. The summed E-state index contributed by atoms with van der Waals surface area (Å²) in [5.74, 6) is -1.90. The van der Waals surface area contributed by atoms with Crippen molar-refractivity contribution < 1.29 is 17.6 Å². The summed E-state index contributed by atoms with van der Waals surface area (Å²) < 4.78 is 51.1. The van der Waals surface area contributed by atoms with Crippen molar-refractivity contribution in [2.45, 2.75) is 6.18 Å². The van der Waals surface area contributed by atoms with Crippen molar-refractivity contribution in [3.05, 3.63) is 28.5 Å². The maximum atomic E-state index is 13.5. The van der Waals surface area contributed by atoms with E-state index in [0.29, 0.717) is 12.1 Å². The Labute approximate surface area is 115 Å². The molecule has 0 saturated heterocycles. The number of anilines is 1. The molecule has 4 N–H and O–H groups in total. The number of nitriles is 1. The summed E-state index contributed by atoms with van der Waals surface area (Å²) in [6.07, 6.45) is -4.73. The smallest absolute Gasteiger partial charge is 0.382 e. The molecule has 0 heterocycles. The van der Waals surface area contributed by atoms with Gasteiger partial charge in [0.1, 0.15) is 6.07 Å². The third-order valence-corrected chi connectivity index (χ3v) is 2.28. The van der Waals surface area contributed by atoms with Gasteiger partial charge < -0.3 is 5.73 Å². The van der Waals surface area contributed by atoms with Crippen molar-refractivity contribution in [1.82, 2.24) is 0 Å². The minimum atomic E-state index is -4.73. The molecule has 0 saturated carbocycles. The first-order valence-electron chi connectivity index (χ1n) is 4.81. The highest BCUT2D eigenvalue weighted by Gasteiger charge is 2.32. The van der Waals surface area contributed by atoms with E-state index in [0.717, 1.165) is 0 Å². The Morgan fingerprint density at radius 2 is 2.05 bits per heavy atom. The topological polar surface area (TPSA) is 98.0 Å². The predicted molar refractivity (Wildman–Crippen MR) is 65.0 cm³/mol. The lowest BCUT2D eigenvalue weighted by Crippen LogP contribution is -2.22. The van der Waals surface area contributed by atoms with E-state index < -0.39 is 39.8 Å². The van der Waals surface area contributed by atoms with E-state index in [9.17, 15) is 17.6 Å². The summed E-state index contributed by atoms with van der Waals surface area (Å²) in [7, 11) is 0. The van der Waals surface area contributed by atoms with Crippen LogP contribution >= 0.6 is 11.6 Å². The summed E-state index contributed by atoms with van der Waals surface area (Å²) in [5.41, 5.74) is 4.35. The third kappa shape index (κ3) is 3.58. The number of halogens is 5. The van der Waals surface area contributed by atoms with Crippen molar-refractivity contribution in [3.63, 3.8) is 0 Å². The van der Waals surface area contributed by atoms with E-state index in [4.69, 9.17) is 28.0 Å². The molecular formula is C10H6ClF4N5. The summed E-state index contributed by atoms with van der Waals surface area (Å²) in [4.78, 5) is 0. The number of hydrogen-bond donors (Lipinski definition) is 3. The highest BCUT2D eigenvalue weighted by molar-refractivity contribution is 6.45. The number of nitrogens with zero attached hydrogens (tertiary/aromatic N) is 2. The molecule has 0 spiro atoms. The summed E-state index contributed by atoms with van der Waals surface area (Å²) in [6, 6.07) is 2.26. The SMILES string of the molecule is N#C/C(=N\Nc1cc(C(F)(F)F)cc(Cl)c1F)C(=N)N. The van der Waals surface area contributed by atoms with Crippen molar-refractivity contribution in [1.29, 1.82) is 10.7 Å². The number of hydrogen-bond acceptors (Lipinski definition) is 4. The normalized spacial score (nSPS) is 11.9. The number of nitrogens with one attached hydrogen (secondary N) is 2. The summed E-state index contributed by atoms with van der Waals surface area (Å²) in [6.45, 7) is 0. The number of nitrogens with two attached hydrogens (primary N) is 1. The van der Waals surface area contributed by atoms with E-state index >= 15 is 0 Å². The van der Waals surface area contributed by atoms with Gasteiger partial charge in [0.2, 0.25) is 5.71 Å². The molecule has 5 nitrogen and oxygen atoms in total. The van der Waals surface area contributed by atoms with Crippen LogP contribution in [0, 0.1) is 22.6 Å². The zero-order valence-corrected chi connectivity index (χ0v) is 10.3. The van der Waals surface area contributed by atoms with Gasteiger partial charge in [-0.2, -0.15) is 23.5 Å². The van der Waals surface area contributed by atoms with Crippen molar-refractivity contribution in [3.8, 4) is 6.07 Å². The largest absolute Gasteiger partial charge is 0.416 e. The molecule has 0 radical (unpaired) electrons. The van der Waals surface area contributed by atoms with E-state index in [-0.39, 0.29) is 0 Å². The molecule has 1 rings (SSSR count). The molecule has 0 fully saturated rings. The number of hydrazone groups is 1. The standard InChI is InChI=1S/C10H6ClF4N5/c11-5-1-4(10(13,14)15)2-6(8(5)12)19-20-7(3-16)9(17)18/h1-2,19H,(H3,17,18)/b20-7+. The molecule has 0 aliphatic carbocycles. The number of amidine groups is 1. The van der Waals surface area contributed by atoms with Crippen molar-refractivity contribution >= 4 is 28.8 Å². The fourth-order valence-electron chi connectivity index (χ4n) is 1.10. The average molecular weight is 308 g/mol. The average Bonchev–Trinajstić information content (AvgIpc) is 2.33. The lowest BCUT2D eigenvalue weighted by atomic mass is 10.2. The molecule has 1 aromatic carbocycles. The van der Waals surface area contributed by atoms with Crippen LogP contribution in [0.2, 0.25) is 5.02 Å². The quantitative estimate of drug-likeness (QED) is 0.346. The van der Waals surface area contributed by atoms with Crippen molar-refractivity contribution in [2.24, 2.45) is 10.8 Å². The Balaban J connectivity index is 3.23. The van der Waals surface area contributed by atoms with E-state index in [2.05, 4.69) is 5.10 Å². The Morgan fingerprint density at radius 1 is 1.45 bits per heavy atom. The highest BCUT2D eigenvalue weighted by atomic mass is 35.5. The fraction of sp³-hybridized carbons (Fsp3) is 0.100. The molecule has 106 valence electrons. The lowest BCUT2D eigenvalue weighted by Gasteiger charge is -2.11. The highest BCUT2D eigenvalue weighted by Crippen LogP contribution is 2.35. The fourth-order valence-corrected chi connectivity index (χ4v) is 1.32. The van der Waals surface area contributed by atoms with Crippen LogP contribution in [0.3, 0.4) is 0 Å². The van der Waals surface area contributed by atoms with Gasteiger partial charge in [0.05, 0.1) is 16.3 Å². The monoisotopic (exact) mass is 307 g/mol. The zero-order valence-electron chi connectivity index (χ0n) is 9.52. The number of benzene rings is 1. The molecule has 0 aromatic heterocycles. The zero-order chi connectivity index (χ0) is 15.5. The molecule has 0 atom stereocenters. The molecule has 0 aliphatic rings. The first kappa shape index (κ1) is 15.7. The Hall–Kier alpha value is -2.34. The first-order chi connectivity index (χ1) is 9.16. The molecule has 10 heteroatoms. The summed E-state index contributed by atoms with van der Waals surface area (Å²) in [5, 5.41) is 17.9. The van der Waals surface area contributed by atoms with Crippen LogP contribution in [-0.4, -0.2) is 11.5 Å². The van der Waals surface area contributed by atoms with Gasteiger partial charge in [-0.15, -0.1) is 0 Å². The van der Waals surface area contributed by atoms with E-state index in [1.54, 1.807) is 0 Å². The second-order valence-corrected chi connectivity index (χ2v) is 3.82. The van der Waals surface area contributed by atoms with Crippen LogP contribution in [0.5, 0.6) is 0 Å². The molecule has 20 heavy (non-hydrogen) atoms. The van der Waals surface area contributed by atoms with Crippen LogP contribution in [0.25, 0.3) is 0 Å². The van der Waals surface area contributed by atoms with Crippen LogP contribution in [0.4, 0.5) is 23.2 Å². The minimum absolute atomic E-state index is 0.419. The van der Waals surface area contributed by atoms with Gasteiger partial charge in [0, 0.05) is 0 Å². The second-order valence-electron chi connectivity index (χ2n) is 3.42. The van der Waals surface area contributed by atoms with Gasteiger partial charge in [-0.1, -0.05) is 11.6 Å². The van der Waals surface area contributed by atoms with Crippen molar-refractivity contribution in [2.75, 3.05) is 5.43 Å². The minimum Gasteiger partial charge on any atom is -0.382 e.